The van der Waals surface area contributed by atoms with E-state index in [1.54, 1.807) is 23.3 Å². The summed E-state index contributed by atoms with van der Waals surface area (Å²) in [4.78, 5) is 34.2. The molecule has 3 aliphatic rings. The van der Waals surface area contributed by atoms with Crippen molar-refractivity contribution in [1.82, 2.24) is 25.2 Å². The molecule has 2 aromatic heterocycles. The molecule has 2 bridgehead atoms. The molecule has 0 radical (unpaired) electrons. The van der Waals surface area contributed by atoms with Crippen LogP contribution in [0.25, 0.3) is 0 Å². The van der Waals surface area contributed by atoms with Crippen LogP contribution >= 0.6 is 11.6 Å². The lowest BCUT2D eigenvalue weighted by atomic mass is 10.2. The van der Waals surface area contributed by atoms with E-state index >= 15 is 0 Å². The maximum Gasteiger partial charge on any atom is 0.357 e. The average molecular weight is 522 g/mol. The van der Waals surface area contributed by atoms with Crippen LogP contribution in [0.3, 0.4) is 0 Å². The minimum absolute atomic E-state index is 0.291. The van der Waals surface area contributed by atoms with Crippen molar-refractivity contribution < 1.29 is 9.63 Å². The molecule has 12 heteroatoms. The number of nitrogens with two attached hydrogens (primary N) is 1. The molecule has 2 N–H and O–H groups in total. The maximum absolute atomic E-state index is 12.3. The molecule has 11 nitrogen and oxygen atoms in total. The molecule has 3 saturated heterocycles. The zero-order valence-electron chi connectivity index (χ0n) is 20.3. The van der Waals surface area contributed by atoms with Gasteiger partial charge in [-0.15, -0.1) is 15.3 Å². The third kappa shape index (κ3) is 4.84. The van der Waals surface area contributed by atoms with Crippen LogP contribution in [-0.4, -0.2) is 82.6 Å². The summed E-state index contributed by atoms with van der Waals surface area (Å²) in [5, 5.41) is 9.86. The van der Waals surface area contributed by atoms with Crippen LogP contribution in [0.2, 0.25) is 5.15 Å². The SMILES string of the molecule is Nc1nnc(Cl)cc1N1C[C@H]2CC[C@@H](C1)N2c1ncc(N2CCN(OC(=O)c3ccccc3)CC2)cn1. The molecular formula is C25H28ClN9O2. The second-order valence-electron chi connectivity index (χ2n) is 9.54. The first-order valence-electron chi connectivity index (χ1n) is 12.5. The van der Waals surface area contributed by atoms with E-state index in [2.05, 4.69) is 24.9 Å². The first kappa shape index (κ1) is 23.7. The Bertz CT molecular complexity index is 1240. The smallest absolute Gasteiger partial charge is 0.357 e. The van der Waals surface area contributed by atoms with Gasteiger partial charge in [-0.3, -0.25) is 0 Å². The molecule has 37 heavy (non-hydrogen) atoms. The number of rotatable bonds is 5. The molecule has 0 aliphatic carbocycles. The second-order valence-corrected chi connectivity index (χ2v) is 9.92. The number of fused-ring (bicyclic) bond motifs is 2. The highest BCUT2D eigenvalue weighted by molar-refractivity contribution is 6.29. The second kappa shape index (κ2) is 9.98. The maximum atomic E-state index is 12.3. The van der Waals surface area contributed by atoms with Gasteiger partial charge in [0.2, 0.25) is 5.95 Å². The van der Waals surface area contributed by atoms with Crippen molar-refractivity contribution >= 4 is 40.7 Å². The van der Waals surface area contributed by atoms with Gasteiger partial charge in [0.15, 0.2) is 11.0 Å². The molecule has 5 heterocycles. The van der Waals surface area contributed by atoms with Gasteiger partial charge < -0.3 is 25.3 Å². The lowest BCUT2D eigenvalue weighted by Gasteiger charge is -2.42. The zero-order chi connectivity index (χ0) is 25.4. The first-order chi connectivity index (χ1) is 18.0. The van der Waals surface area contributed by atoms with E-state index in [0.717, 1.165) is 56.3 Å². The molecule has 6 rings (SSSR count). The summed E-state index contributed by atoms with van der Waals surface area (Å²) < 4.78 is 0. The van der Waals surface area contributed by atoms with Gasteiger partial charge in [0.05, 0.1) is 42.4 Å². The van der Waals surface area contributed by atoms with Crippen molar-refractivity contribution in [2.75, 3.05) is 59.7 Å². The minimum Gasteiger partial charge on any atom is -0.380 e. The van der Waals surface area contributed by atoms with E-state index in [9.17, 15) is 4.79 Å². The fraction of sp³-hybridized carbons (Fsp3) is 0.400. The summed E-state index contributed by atoms with van der Waals surface area (Å²) in [5.74, 6) is 0.820. The number of hydrogen-bond donors (Lipinski definition) is 1. The molecule has 1 aromatic carbocycles. The Kier molecular flexibility index (Phi) is 6.39. The standard InChI is InChI=1S/C25H28ClN9O2/c26-22-12-21(23(27)31-30-22)33-15-18-6-7-19(16-33)35(18)25-28-13-20(14-29-25)32-8-10-34(11-9-32)37-24(36)17-4-2-1-3-5-17/h1-5,12-14,18-19H,6-11,15-16H2,(H2,27,31)/t18-,19+. The Hall–Kier alpha value is -3.70. The van der Waals surface area contributed by atoms with Gasteiger partial charge in [-0.25, -0.2) is 14.8 Å². The number of hydroxylamine groups is 2. The van der Waals surface area contributed by atoms with Crippen molar-refractivity contribution in [3.05, 3.63) is 59.5 Å². The van der Waals surface area contributed by atoms with Crippen LogP contribution in [0, 0.1) is 0 Å². The van der Waals surface area contributed by atoms with Gasteiger partial charge in [0, 0.05) is 44.3 Å². The Morgan fingerprint density at radius 3 is 2.30 bits per heavy atom. The number of halogens is 1. The van der Waals surface area contributed by atoms with Crippen LogP contribution < -0.4 is 20.4 Å². The monoisotopic (exact) mass is 521 g/mol. The van der Waals surface area contributed by atoms with Crippen molar-refractivity contribution in [3.63, 3.8) is 0 Å². The highest BCUT2D eigenvalue weighted by Crippen LogP contribution is 2.36. The van der Waals surface area contributed by atoms with Gasteiger partial charge in [-0.05, 0) is 25.0 Å². The number of piperazine rings is 2. The Morgan fingerprint density at radius 1 is 0.946 bits per heavy atom. The fourth-order valence-corrected chi connectivity index (χ4v) is 5.58. The Labute approximate surface area is 219 Å². The van der Waals surface area contributed by atoms with E-state index in [-0.39, 0.29) is 5.97 Å². The lowest BCUT2D eigenvalue weighted by molar-refractivity contribution is -0.112. The highest BCUT2D eigenvalue weighted by Gasteiger charge is 2.42. The number of nitrogen functional groups attached to an aromatic ring is 1. The molecule has 0 saturated carbocycles. The third-order valence-electron chi connectivity index (χ3n) is 7.28. The molecule has 2 atom stereocenters. The van der Waals surface area contributed by atoms with Crippen molar-refractivity contribution in [1.29, 1.82) is 0 Å². The zero-order valence-corrected chi connectivity index (χ0v) is 21.0. The number of benzene rings is 1. The summed E-state index contributed by atoms with van der Waals surface area (Å²) in [6, 6.07) is 11.4. The molecule has 3 aliphatic heterocycles. The number of hydrogen-bond acceptors (Lipinski definition) is 11. The molecule has 3 aromatic rings. The number of nitrogens with zero attached hydrogens (tertiary/aromatic N) is 8. The number of carbonyl (C=O) groups is 1. The Balaban J connectivity index is 1.06. The topological polar surface area (TPSA) is 117 Å². The molecular weight excluding hydrogens is 494 g/mol. The van der Waals surface area contributed by atoms with Crippen molar-refractivity contribution in [2.24, 2.45) is 0 Å². The van der Waals surface area contributed by atoms with Crippen LogP contribution in [0.1, 0.15) is 23.2 Å². The first-order valence-corrected chi connectivity index (χ1v) is 12.8. The van der Waals surface area contributed by atoms with E-state index in [4.69, 9.17) is 32.1 Å². The quantitative estimate of drug-likeness (QED) is 0.532. The molecule has 3 fully saturated rings. The van der Waals surface area contributed by atoms with E-state index in [1.807, 2.05) is 30.6 Å². The van der Waals surface area contributed by atoms with Gasteiger partial charge in [0.1, 0.15) is 0 Å². The fourth-order valence-electron chi connectivity index (χ4n) is 5.44. The number of anilines is 4. The third-order valence-corrected chi connectivity index (χ3v) is 7.46. The van der Waals surface area contributed by atoms with Gasteiger partial charge in [0.25, 0.3) is 0 Å². The van der Waals surface area contributed by atoms with Crippen LogP contribution in [0.4, 0.5) is 23.1 Å². The predicted octanol–water partition coefficient (Wildman–Crippen LogP) is 2.25. The summed E-state index contributed by atoms with van der Waals surface area (Å²) in [7, 11) is 0. The normalized spacial score (nSPS) is 21.8. The minimum atomic E-state index is -0.331. The molecule has 0 unspecified atom stereocenters. The summed E-state index contributed by atoms with van der Waals surface area (Å²) >= 11 is 6.07. The van der Waals surface area contributed by atoms with Crippen LogP contribution in [0.5, 0.6) is 0 Å². The van der Waals surface area contributed by atoms with E-state index in [1.165, 1.54) is 0 Å². The van der Waals surface area contributed by atoms with E-state index < -0.39 is 0 Å². The average Bonchev–Trinajstić information content (AvgIpc) is 3.20. The van der Waals surface area contributed by atoms with Crippen molar-refractivity contribution in [2.45, 2.75) is 24.9 Å². The Morgan fingerprint density at radius 2 is 1.62 bits per heavy atom. The van der Waals surface area contributed by atoms with Crippen molar-refractivity contribution in [3.8, 4) is 0 Å². The summed E-state index contributed by atoms with van der Waals surface area (Å²) in [6.45, 7) is 4.28. The van der Waals surface area contributed by atoms with Gasteiger partial charge in [-0.1, -0.05) is 29.8 Å². The lowest BCUT2D eigenvalue weighted by Crippen LogP contribution is -2.54. The predicted molar refractivity (Wildman–Crippen MR) is 141 cm³/mol. The van der Waals surface area contributed by atoms with E-state index in [0.29, 0.717) is 41.7 Å². The number of aromatic nitrogens is 4. The summed E-state index contributed by atoms with van der Waals surface area (Å²) in [5.41, 5.74) is 8.43. The van der Waals surface area contributed by atoms with Crippen LogP contribution in [0.15, 0.2) is 48.8 Å². The molecule has 192 valence electrons. The molecule has 0 amide bonds. The largest absolute Gasteiger partial charge is 0.380 e. The molecule has 0 spiro atoms. The van der Waals surface area contributed by atoms with Gasteiger partial charge in [-0.2, -0.15) is 0 Å². The van der Waals surface area contributed by atoms with Gasteiger partial charge >= 0.3 is 5.97 Å². The van der Waals surface area contributed by atoms with Crippen LogP contribution in [-0.2, 0) is 4.84 Å². The summed E-state index contributed by atoms with van der Waals surface area (Å²) in [6.07, 6.45) is 5.93. The highest BCUT2D eigenvalue weighted by atomic mass is 35.5. The number of carbonyl (C=O) groups excluding carboxylic acids is 1.